The lowest BCUT2D eigenvalue weighted by Crippen LogP contribution is -1.76. The Morgan fingerprint density at radius 2 is 2.38 bits per heavy atom. The molecule has 0 atom stereocenters. The number of allylic oxidation sites excluding steroid dienone is 2. The van der Waals surface area contributed by atoms with Crippen molar-refractivity contribution in [3.05, 3.63) is 24.9 Å². The molecule has 0 spiro atoms. The molecule has 0 N–H and O–H groups in total. The number of hydrogen-bond donors (Lipinski definition) is 0. The van der Waals surface area contributed by atoms with Gasteiger partial charge < -0.3 is 0 Å². The minimum absolute atomic E-state index is 0.512. The third-order valence-corrected chi connectivity index (χ3v) is 0.519. The Morgan fingerprint density at radius 3 is 2.75 bits per heavy atom. The molecule has 0 aliphatic rings. The van der Waals surface area contributed by atoms with Crippen molar-refractivity contribution in [2.75, 3.05) is 0 Å². The molecule has 0 amide bonds. The Hall–Kier alpha value is -0.920. The lowest BCUT2D eigenvalue weighted by Gasteiger charge is -1.76. The third-order valence-electron chi connectivity index (χ3n) is 0.519. The van der Waals surface area contributed by atoms with E-state index >= 15 is 0 Å². The molecule has 8 heavy (non-hydrogen) atoms. The molecule has 0 aromatic heterocycles. The number of nitrogens with zero attached hydrogens (tertiary/aromatic N) is 1. The number of halogens is 1. The minimum Gasteiger partial charge on any atom is -0.229 e. The first kappa shape index (κ1) is 7.08. The van der Waals surface area contributed by atoms with Crippen LogP contribution in [0.2, 0.25) is 0 Å². The Morgan fingerprint density at radius 1 is 1.75 bits per heavy atom. The van der Waals surface area contributed by atoms with Crippen LogP contribution in [-0.4, -0.2) is 5.97 Å². The summed E-state index contributed by atoms with van der Waals surface area (Å²) in [5.74, 6) is -0.512. The Labute approximate surface area is 48.2 Å². The Balaban J connectivity index is 3.79. The topological polar surface area (TPSA) is 12.4 Å². The van der Waals surface area contributed by atoms with Crippen LogP contribution in [0.25, 0.3) is 0 Å². The van der Waals surface area contributed by atoms with Crippen molar-refractivity contribution in [1.29, 1.82) is 0 Å². The second-order valence-electron chi connectivity index (χ2n) is 1.13. The predicted molar refractivity (Wildman–Crippen MR) is 33.6 cm³/mol. The van der Waals surface area contributed by atoms with E-state index < -0.39 is 5.97 Å². The molecule has 0 unspecified atom stereocenters. The van der Waals surface area contributed by atoms with Gasteiger partial charge >= 0.3 is 0 Å². The highest BCUT2D eigenvalue weighted by atomic mass is 19.1. The summed E-state index contributed by atoms with van der Waals surface area (Å²) in [4.78, 5) is 3.24. The SMILES string of the molecule is C=CN=C(F)/C=C\C. The van der Waals surface area contributed by atoms with E-state index in [0.717, 1.165) is 6.20 Å². The van der Waals surface area contributed by atoms with Gasteiger partial charge in [0.2, 0.25) is 5.97 Å². The molecule has 0 heterocycles. The molecule has 1 nitrogen and oxygen atoms in total. The van der Waals surface area contributed by atoms with Crippen LogP contribution in [0.1, 0.15) is 6.92 Å². The zero-order valence-electron chi connectivity index (χ0n) is 4.76. The molecular formula is C6H8FN. The summed E-state index contributed by atoms with van der Waals surface area (Å²) in [5, 5.41) is 0. The van der Waals surface area contributed by atoms with Crippen molar-refractivity contribution in [2.24, 2.45) is 4.99 Å². The quantitative estimate of drug-likeness (QED) is 0.486. The summed E-state index contributed by atoms with van der Waals surface area (Å²) in [6.07, 6.45) is 4.00. The lowest BCUT2D eigenvalue weighted by molar-refractivity contribution is 0.812. The predicted octanol–water partition coefficient (Wildman–Crippen LogP) is 2.07. The maximum atomic E-state index is 12.0. The average molecular weight is 113 g/mol. The van der Waals surface area contributed by atoms with E-state index in [-0.39, 0.29) is 0 Å². The molecule has 2 heteroatoms. The van der Waals surface area contributed by atoms with Crippen LogP contribution in [0.15, 0.2) is 29.9 Å². The molecule has 0 saturated carbocycles. The molecule has 0 saturated heterocycles. The number of aliphatic imine (C=N–C) groups is 1. The van der Waals surface area contributed by atoms with Crippen LogP contribution in [0, 0.1) is 0 Å². The largest absolute Gasteiger partial charge is 0.229 e. The van der Waals surface area contributed by atoms with E-state index in [0.29, 0.717) is 0 Å². The minimum atomic E-state index is -0.512. The molecule has 0 rings (SSSR count). The van der Waals surface area contributed by atoms with Gasteiger partial charge in [0.15, 0.2) is 0 Å². The van der Waals surface area contributed by atoms with Crippen molar-refractivity contribution < 1.29 is 4.39 Å². The Kier molecular flexibility index (Phi) is 3.76. The summed E-state index contributed by atoms with van der Waals surface area (Å²) >= 11 is 0. The van der Waals surface area contributed by atoms with Crippen molar-refractivity contribution in [3.63, 3.8) is 0 Å². The van der Waals surface area contributed by atoms with Crippen LogP contribution in [0.4, 0.5) is 4.39 Å². The molecular weight excluding hydrogens is 105 g/mol. The zero-order valence-corrected chi connectivity index (χ0v) is 4.76. The fourth-order valence-corrected chi connectivity index (χ4v) is 0.268. The van der Waals surface area contributed by atoms with Gasteiger partial charge in [-0.3, -0.25) is 0 Å². The van der Waals surface area contributed by atoms with Gasteiger partial charge in [-0.05, 0) is 13.0 Å². The van der Waals surface area contributed by atoms with Crippen LogP contribution in [-0.2, 0) is 0 Å². The van der Waals surface area contributed by atoms with Gasteiger partial charge in [0.1, 0.15) is 0 Å². The first-order valence-electron chi connectivity index (χ1n) is 2.28. The average Bonchev–Trinajstić information content (AvgIpc) is 1.68. The van der Waals surface area contributed by atoms with E-state index in [9.17, 15) is 4.39 Å². The molecule has 0 bridgehead atoms. The molecule has 0 aromatic rings. The molecule has 0 aliphatic heterocycles. The molecule has 0 fully saturated rings. The highest BCUT2D eigenvalue weighted by Crippen LogP contribution is 1.83. The monoisotopic (exact) mass is 113 g/mol. The van der Waals surface area contributed by atoms with Crippen molar-refractivity contribution in [2.45, 2.75) is 6.92 Å². The highest BCUT2D eigenvalue weighted by Gasteiger charge is 1.79. The fourth-order valence-electron chi connectivity index (χ4n) is 0.268. The maximum absolute atomic E-state index is 12.0. The number of rotatable bonds is 2. The van der Waals surface area contributed by atoms with Crippen LogP contribution in [0.5, 0.6) is 0 Å². The number of hydrogen-bond acceptors (Lipinski definition) is 1. The van der Waals surface area contributed by atoms with E-state index in [1.54, 1.807) is 13.0 Å². The normalized spacial score (nSPS) is 12.5. The standard InChI is InChI=1S/C6H8FN/c1-3-5-6(7)8-4-2/h3-5H,2H2,1H3/b5-3-,8-6?. The van der Waals surface area contributed by atoms with Crippen molar-refractivity contribution >= 4 is 5.97 Å². The van der Waals surface area contributed by atoms with Crippen molar-refractivity contribution in [1.82, 2.24) is 0 Å². The lowest BCUT2D eigenvalue weighted by atomic mass is 10.5. The maximum Gasteiger partial charge on any atom is 0.212 e. The van der Waals surface area contributed by atoms with E-state index in [1.807, 2.05) is 0 Å². The van der Waals surface area contributed by atoms with Gasteiger partial charge in [0, 0.05) is 6.20 Å². The summed E-state index contributed by atoms with van der Waals surface area (Å²) in [5.41, 5.74) is 0. The molecule has 0 aromatic carbocycles. The van der Waals surface area contributed by atoms with E-state index in [1.165, 1.54) is 6.08 Å². The molecule has 0 aliphatic carbocycles. The zero-order chi connectivity index (χ0) is 6.41. The van der Waals surface area contributed by atoms with Gasteiger partial charge in [0.25, 0.3) is 0 Å². The summed E-state index contributed by atoms with van der Waals surface area (Å²) in [7, 11) is 0. The second-order valence-corrected chi connectivity index (χ2v) is 1.13. The molecule has 44 valence electrons. The summed E-state index contributed by atoms with van der Waals surface area (Å²) < 4.78 is 12.0. The first-order valence-corrected chi connectivity index (χ1v) is 2.28. The van der Waals surface area contributed by atoms with Crippen LogP contribution >= 0.6 is 0 Å². The van der Waals surface area contributed by atoms with Gasteiger partial charge in [-0.1, -0.05) is 12.7 Å². The fraction of sp³-hybridized carbons (Fsp3) is 0.167. The molecule has 0 radical (unpaired) electrons. The van der Waals surface area contributed by atoms with Gasteiger partial charge in [-0.2, -0.15) is 4.39 Å². The third kappa shape index (κ3) is 3.28. The second kappa shape index (κ2) is 4.24. The first-order chi connectivity index (χ1) is 3.81. The highest BCUT2D eigenvalue weighted by molar-refractivity contribution is 5.86. The Bertz CT molecular complexity index is 124. The van der Waals surface area contributed by atoms with Crippen LogP contribution < -0.4 is 0 Å². The summed E-state index contributed by atoms with van der Waals surface area (Å²) in [6, 6.07) is 0. The van der Waals surface area contributed by atoms with Crippen molar-refractivity contribution in [3.8, 4) is 0 Å². The van der Waals surface area contributed by atoms with E-state index in [2.05, 4.69) is 11.6 Å². The van der Waals surface area contributed by atoms with Gasteiger partial charge in [-0.15, -0.1) is 0 Å². The summed E-state index contributed by atoms with van der Waals surface area (Å²) in [6.45, 7) is 4.94. The van der Waals surface area contributed by atoms with Gasteiger partial charge in [-0.25, -0.2) is 4.99 Å². The van der Waals surface area contributed by atoms with E-state index in [4.69, 9.17) is 0 Å². The van der Waals surface area contributed by atoms with Crippen LogP contribution in [0.3, 0.4) is 0 Å². The van der Waals surface area contributed by atoms with Gasteiger partial charge in [0.05, 0.1) is 0 Å². The smallest absolute Gasteiger partial charge is 0.212 e.